The van der Waals surface area contributed by atoms with Crippen molar-refractivity contribution >= 4 is 37.2 Å². The molecule has 0 amide bonds. The fraction of sp³-hybridized carbons (Fsp3) is 0.500. The van der Waals surface area contributed by atoms with Crippen LogP contribution in [0.3, 0.4) is 0 Å². The molecule has 12 heavy (non-hydrogen) atoms. The first-order valence-electron chi connectivity index (χ1n) is 3.33. The van der Waals surface area contributed by atoms with E-state index in [2.05, 4.69) is 26.0 Å². The van der Waals surface area contributed by atoms with Gasteiger partial charge in [-0.2, -0.15) is 0 Å². The first-order chi connectivity index (χ1) is 4.22. The van der Waals surface area contributed by atoms with E-state index in [4.69, 9.17) is 0 Å². The molecule has 0 spiro atoms. The van der Waals surface area contributed by atoms with E-state index < -0.39 is 0 Å². The zero-order chi connectivity index (χ0) is 6.85. The molecule has 0 aromatic heterocycles. The Hall–Kier alpha value is 1.23. The fourth-order valence-electron chi connectivity index (χ4n) is 1.06. The van der Waals surface area contributed by atoms with Crippen molar-refractivity contribution in [2.45, 2.75) is 20.3 Å². The van der Waals surface area contributed by atoms with Crippen molar-refractivity contribution in [2.24, 2.45) is 5.92 Å². The van der Waals surface area contributed by atoms with Crippen LogP contribution in [0.15, 0.2) is 21.0 Å². The SMILES string of the molecule is CC(C)C1=[C]([Zr])CC=C1.Cl.Cl.Cl. The van der Waals surface area contributed by atoms with E-state index in [9.17, 15) is 0 Å². The third-order valence-electron chi connectivity index (χ3n) is 1.59. The average Bonchev–Trinajstić information content (AvgIpc) is 2.13. The summed E-state index contributed by atoms with van der Waals surface area (Å²) in [5.74, 6) is 0.734. The van der Waals surface area contributed by atoms with Crippen LogP contribution >= 0.6 is 37.2 Å². The molecular formula is C8H14Cl3Zr. The van der Waals surface area contributed by atoms with Crippen LogP contribution in [0.25, 0.3) is 0 Å². The first kappa shape index (κ1) is 18.9. The van der Waals surface area contributed by atoms with Crippen molar-refractivity contribution in [3.8, 4) is 0 Å². The Balaban J connectivity index is -0.000000270. The zero-order valence-electron chi connectivity index (χ0n) is 7.16. The molecule has 0 heterocycles. The summed E-state index contributed by atoms with van der Waals surface area (Å²) in [6.07, 6.45) is 5.75. The number of hydrogen-bond donors (Lipinski definition) is 0. The van der Waals surface area contributed by atoms with Crippen LogP contribution < -0.4 is 0 Å². The molecule has 0 bridgehead atoms. The molecule has 4 heteroatoms. The molecule has 0 saturated carbocycles. The summed E-state index contributed by atoms with van der Waals surface area (Å²) in [5, 5.41) is 0. The van der Waals surface area contributed by atoms with Gasteiger partial charge >= 0.3 is 71.9 Å². The smallest absolute Gasteiger partial charge is 0.147 e. The molecule has 1 aliphatic carbocycles. The van der Waals surface area contributed by atoms with Gasteiger partial charge in [0.15, 0.2) is 0 Å². The Kier molecular flexibility index (Phi) is 13.9. The van der Waals surface area contributed by atoms with Crippen LogP contribution in [-0.4, -0.2) is 0 Å². The second-order valence-electron chi connectivity index (χ2n) is 2.70. The van der Waals surface area contributed by atoms with Crippen molar-refractivity contribution < 1.29 is 24.7 Å². The van der Waals surface area contributed by atoms with Crippen LogP contribution in [0.2, 0.25) is 0 Å². The standard InChI is InChI=1S/C8H11.3ClH.Zr/c1-7(2)8-5-3-4-6-8;;;;/h3,5,7H,4H2,1-2H3;3*1H;. The molecule has 0 aliphatic heterocycles. The van der Waals surface area contributed by atoms with Gasteiger partial charge in [-0.1, -0.05) is 0 Å². The number of hydrogen-bond acceptors (Lipinski definition) is 0. The quantitative estimate of drug-likeness (QED) is 0.693. The number of allylic oxidation sites excluding steroid dienone is 4. The van der Waals surface area contributed by atoms with Crippen LogP contribution in [0.1, 0.15) is 20.3 Å². The van der Waals surface area contributed by atoms with Crippen molar-refractivity contribution in [1.29, 1.82) is 0 Å². The first-order valence-corrected chi connectivity index (χ1v) is 4.56. The largest absolute Gasteiger partial charge is 0.147 e. The molecule has 1 rings (SSSR count). The molecule has 0 atom stereocenters. The zero-order valence-corrected chi connectivity index (χ0v) is 12.1. The minimum Gasteiger partial charge on any atom is -0.147 e. The number of rotatable bonds is 1. The monoisotopic (exact) mass is 305 g/mol. The molecule has 0 unspecified atom stereocenters. The topological polar surface area (TPSA) is 0 Å². The van der Waals surface area contributed by atoms with E-state index >= 15 is 0 Å². The Labute approximate surface area is 108 Å². The Morgan fingerprint density at radius 1 is 1.25 bits per heavy atom. The van der Waals surface area contributed by atoms with Crippen LogP contribution in [-0.2, 0) is 24.7 Å². The van der Waals surface area contributed by atoms with Gasteiger partial charge in [0.25, 0.3) is 0 Å². The molecule has 0 saturated heterocycles. The molecular weight excluding hydrogens is 294 g/mol. The van der Waals surface area contributed by atoms with E-state index in [1.54, 1.807) is 33.6 Å². The molecule has 0 radical (unpaired) electrons. The van der Waals surface area contributed by atoms with E-state index in [1.165, 1.54) is 6.42 Å². The Bertz CT molecular complexity index is 173. The Morgan fingerprint density at radius 3 is 1.92 bits per heavy atom. The van der Waals surface area contributed by atoms with Gasteiger partial charge in [0.2, 0.25) is 0 Å². The molecule has 71 valence electrons. The predicted octanol–water partition coefficient (Wildman–Crippen LogP) is 3.67. The van der Waals surface area contributed by atoms with Gasteiger partial charge in [-0.25, -0.2) is 0 Å². The Morgan fingerprint density at radius 2 is 1.75 bits per heavy atom. The van der Waals surface area contributed by atoms with E-state index in [0.717, 1.165) is 5.92 Å². The predicted molar refractivity (Wildman–Crippen MR) is 57.4 cm³/mol. The average molecular weight is 308 g/mol. The second kappa shape index (κ2) is 8.81. The maximum atomic E-state index is 2.27. The van der Waals surface area contributed by atoms with Gasteiger partial charge in [-0.3, -0.25) is 0 Å². The van der Waals surface area contributed by atoms with E-state index in [0.29, 0.717) is 0 Å². The van der Waals surface area contributed by atoms with E-state index in [-0.39, 0.29) is 37.2 Å². The molecule has 1 aliphatic rings. The molecule has 0 aromatic rings. The summed E-state index contributed by atoms with van der Waals surface area (Å²) >= 11 is 1.59. The minimum atomic E-state index is 0. The molecule has 0 nitrogen and oxygen atoms in total. The summed E-state index contributed by atoms with van der Waals surface area (Å²) in [7, 11) is 0. The van der Waals surface area contributed by atoms with Gasteiger partial charge in [0.1, 0.15) is 0 Å². The summed E-state index contributed by atoms with van der Waals surface area (Å²) in [4.78, 5) is 0. The summed E-state index contributed by atoms with van der Waals surface area (Å²) < 4.78 is 1.64. The van der Waals surface area contributed by atoms with Crippen LogP contribution in [0, 0.1) is 5.92 Å². The van der Waals surface area contributed by atoms with Crippen LogP contribution in [0.4, 0.5) is 0 Å². The summed E-state index contributed by atoms with van der Waals surface area (Å²) in [6, 6.07) is 0. The maximum absolute atomic E-state index is 2.27. The van der Waals surface area contributed by atoms with Crippen molar-refractivity contribution in [1.82, 2.24) is 0 Å². The fourth-order valence-corrected chi connectivity index (χ4v) is 2.27. The normalized spacial score (nSPS) is 13.5. The van der Waals surface area contributed by atoms with Gasteiger partial charge in [-0.05, 0) is 0 Å². The number of halogens is 3. The summed E-state index contributed by atoms with van der Waals surface area (Å²) in [5.41, 5.74) is 1.58. The van der Waals surface area contributed by atoms with Crippen molar-refractivity contribution in [3.63, 3.8) is 0 Å². The summed E-state index contributed by atoms with van der Waals surface area (Å²) in [6.45, 7) is 4.52. The van der Waals surface area contributed by atoms with Gasteiger partial charge in [0, 0.05) is 0 Å². The molecule has 0 fully saturated rings. The van der Waals surface area contributed by atoms with Crippen LogP contribution in [0.5, 0.6) is 0 Å². The third kappa shape index (κ3) is 5.07. The van der Waals surface area contributed by atoms with Gasteiger partial charge < -0.3 is 0 Å². The van der Waals surface area contributed by atoms with Crippen molar-refractivity contribution in [3.05, 3.63) is 21.0 Å². The second-order valence-corrected chi connectivity index (χ2v) is 4.18. The van der Waals surface area contributed by atoms with Gasteiger partial charge in [0.05, 0.1) is 0 Å². The molecule has 0 aromatic carbocycles. The van der Waals surface area contributed by atoms with E-state index in [1.807, 2.05) is 0 Å². The molecule has 0 N–H and O–H groups in total. The van der Waals surface area contributed by atoms with Crippen molar-refractivity contribution in [2.75, 3.05) is 0 Å². The minimum absolute atomic E-state index is 0. The third-order valence-corrected chi connectivity index (χ3v) is 2.80. The maximum Gasteiger partial charge on any atom is -0.147 e. The van der Waals surface area contributed by atoms with Gasteiger partial charge in [-0.15, -0.1) is 37.2 Å².